The highest BCUT2D eigenvalue weighted by molar-refractivity contribution is 6.17. The van der Waals surface area contributed by atoms with E-state index in [-0.39, 0.29) is 5.91 Å². The first-order valence-corrected chi connectivity index (χ1v) is 6.76. The standard InChI is InChI=1S/C12H24ClNO3/c1-12(15)14-7-9-17-11-10-16-8-5-3-2-4-6-13/h2-11H2,1H3,(H,14,15). The van der Waals surface area contributed by atoms with E-state index in [1.807, 2.05) is 0 Å². The van der Waals surface area contributed by atoms with Gasteiger partial charge in [0.25, 0.3) is 0 Å². The summed E-state index contributed by atoms with van der Waals surface area (Å²) in [5.74, 6) is 0.727. The van der Waals surface area contributed by atoms with E-state index in [0.29, 0.717) is 26.4 Å². The molecule has 0 aromatic carbocycles. The van der Waals surface area contributed by atoms with Gasteiger partial charge in [-0.25, -0.2) is 0 Å². The van der Waals surface area contributed by atoms with Gasteiger partial charge in [0.1, 0.15) is 0 Å². The van der Waals surface area contributed by atoms with Crippen LogP contribution in [0.15, 0.2) is 0 Å². The lowest BCUT2D eigenvalue weighted by molar-refractivity contribution is -0.119. The predicted octanol–water partition coefficient (Wildman–Crippen LogP) is 1.95. The zero-order valence-corrected chi connectivity index (χ0v) is 11.4. The van der Waals surface area contributed by atoms with Gasteiger partial charge in [-0.05, 0) is 12.8 Å². The molecule has 17 heavy (non-hydrogen) atoms. The van der Waals surface area contributed by atoms with E-state index < -0.39 is 0 Å². The van der Waals surface area contributed by atoms with E-state index in [0.717, 1.165) is 25.3 Å². The van der Waals surface area contributed by atoms with Crippen LogP contribution >= 0.6 is 11.6 Å². The normalized spacial score (nSPS) is 10.5. The summed E-state index contributed by atoms with van der Waals surface area (Å²) in [6.45, 7) is 4.59. The smallest absolute Gasteiger partial charge is 0.216 e. The highest BCUT2D eigenvalue weighted by Crippen LogP contribution is 2.00. The summed E-state index contributed by atoms with van der Waals surface area (Å²) in [6.07, 6.45) is 4.53. The van der Waals surface area contributed by atoms with Crippen LogP contribution in [0.5, 0.6) is 0 Å². The molecule has 0 atom stereocenters. The van der Waals surface area contributed by atoms with Crippen LogP contribution in [0.25, 0.3) is 0 Å². The van der Waals surface area contributed by atoms with Crippen LogP contribution in [0.1, 0.15) is 32.6 Å². The number of amides is 1. The van der Waals surface area contributed by atoms with E-state index in [1.165, 1.54) is 19.8 Å². The van der Waals surface area contributed by atoms with Gasteiger partial charge in [0, 0.05) is 26.0 Å². The van der Waals surface area contributed by atoms with Crippen LogP contribution in [-0.2, 0) is 14.3 Å². The number of alkyl halides is 1. The summed E-state index contributed by atoms with van der Waals surface area (Å²) in [6, 6.07) is 0. The number of rotatable bonds is 12. The molecule has 0 spiro atoms. The van der Waals surface area contributed by atoms with Crippen molar-refractivity contribution in [1.82, 2.24) is 5.32 Å². The maximum absolute atomic E-state index is 10.5. The maximum atomic E-state index is 10.5. The summed E-state index contributed by atoms with van der Waals surface area (Å²) in [7, 11) is 0. The third kappa shape index (κ3) is 15.7. The molecule has 0 bridgehead atoms. The first kappa shape index (κ1) is 16.7. The van der Waals surface area contributed by atoms with Crippen molar-refractivity contribution in [2.75, 3.05) is 38.9 Å². The molecule has 0 aromatic rings. The van der Waals surface area contributed by atoms with Gasteiger partial charge in [-0.1, -0.05) is 12.8 Å². The highest BCUT2D eigenvalue weighted by atomic mass is 35.5. The molecule has 1 N–H and O–H groups in total. The van der Waals surface area contributed by atoms with Crippen molar-refractivity contribution in [2.45, 2.75) is 32.6 Å². The zero-order chi connectivity index (χ0) is 12.8. The van der Waals surface area contributed by atoms with Gasteiger partial charge >= 0.3 is 0 Å². The molecule has 0 radical (unpaired) electrons. The lowest BCUT2D eigenvalue weighted by atomic mass is 10.2. The molecule has 102 valence electrons. The van der Waals surface area contributed by atoms with Gasteiger partial charge in [0.05, 0.1) is 19.8 Å². The van der Waals surface area contributed by atoms with Gasteiger partial charge in [-0.2, -0.15) is 0 Å². The van der Waals surface area contributed by atoms with Crippen LogP contribution in [0.2, 0.25) is 0 Å². The number of carbonyl (C=O) groups excluding carboxylic acids is 1. The van der Waals surface area contributed by atoms with Crippen molar-refractivity contribution < 1.29 is 14.3 Å². The molecule has 0 unspecified atom stereocenters. The maximum Gasteiger partial charge on any atom is 0.216 e. The minimum Gasteiger partial charge on any atom is -0.379 e. The molecule has 0 saturated heterocycles. The number of unbranched alkanes of at least 4 members (excludes halogenated alkanes) is 3. The average molecular weight is 266 g/mol. The molecule has 0 aromatic heterocycles. The van der Waals surface area contributed by atoms with E-state index in [1.54, 1.807) is 0 Å². The largest absolute Gasteiger partial charge is 0.379 e. The Hall–Kier alpha value is -0.320. The molecule has 0 rings (SSSR count). The van der Waals surface area contributed by atoms with Crippen LogP contribution in [-0.4, -0.2) is 44.8 Å². The molecule has 4 nitrogen and oxygen atoms in total. The number of carbonyl (C=O) groups is 1. The minimum absolute atomic E-state index is 0.0261. The van der Waals surface area contributed by atoms with Gasteiger partial charge < -0.3 is 14.8 Å². The Morgan fingerprint density at radius 3 is 2.29 bits per heavy atom. The van der Waals surface area contributed by atoms with Crippen molar-refractivity contribution in [2.24, 2.45) is 0 Å². The van der Waals surface area contributed by atoms with Crippen molar-refractivity contribution in [3.8, 4) is 0 Å². The fraction of sp³-hybridized carbons (Fsp3) is 0.917. The van der Waals surface area contributed by atoms with Crippen LogP contribution in [0, 0.1) is 0 Å². The quantitative estimate of drug-likeness (QED) is 0.433. The van der Waals surface area contributed by atoms with Crippen molar-refractivity contribution in [1.29, 1.82) is 0 Å². The van der Waals surface area contributed by atoms with Crippen molar-refractivity contribution in [3.63, 3.8) is 0 Å². The Kier molecular flexibility index (Phi) is 13.5. The monoisotopic (exact) mass is 265 g/mol. The molecule has 5 heteroatoms. The first-order valence-electron chi connectivity index (χ1n) is 6.23. The SMILES string of the molecule is CC(=O)NCCOCCOCCCCCCCl. The third-order valence-corrected chi connectivity index (χ3v) is 2.43. The van der Waals surface area contributed by atoms with Gasteiger partial charge in [-0.15, -0.1) is 11.6 Å². The van der Waals surface area contributed by atoms with Crippen molar-refractivity contribution in [3.05, 3.63) is 0 Å². The Morgan fingerprint density at radius 2 is 1.65 bits per heavy atom. The molecular weight excluding hydrogens is 242 g/mol. The van der Waals surface area contributed by atoms with Crippen LogP contribution in [0.3, 0.4) is 0 Å². The minimum atomic E-state index is -0.0261. The summed E-state index contributed by atoms with van der Waals surface area (Å²) in [5.41, 5.74) is 0. The third-order valence-electron chi connectivity index (χ3n) is 2.16. The summed E-state index contributed by atoms with van der Waals surface area (Å²) in [4.78, 5) is 10.5. The number of hydrogen-bond acceptors (Lipinski definition) is 3. The van der Waals surface area contributed by atoms with Gasteiger partial charge in [0.2, 0.25) is 5.91 Å². The van der Waals surface area contributed by atoms with E-state index >= 15 is 0 Å². The highest BCUT2D eigenvalue weighted by Gasteiger charge is 1.93. The van der Waals surface area contributed by atoms with E-state index in [2.05, 4.69) is 5.32 Å². The first-order chi connectivity index (χ1) is 8.27. The summed E-state index contributed by atoms with van der Waals surface area (Å²) in [5, 5.41) is 2.66. The molecule has 0 aliphatic heterocycles. The number of ether oxygens (including phenoxy) is 2. The Balaban J connectivity index is 2.91. The van der Waals surface area contributed by atoms with Gasteiger partial charge in [0.15, 0.2) is 0 Å². The number of halogens is 1. The molecule has 0 aliphatic carbocycles. The van der Waals surface area contributed by atoms with Gasteiger partial charge in [-0.3, -0.25) is 4.79 Å². The van der Waals surface area contributed by atoms with Crippen LogP contribution < -0.4 is 5.32 Å². The second-order valence-corrected chi connectivity index (χ2v) is 4.19. The Bertz CT molecular complexity index is 179. The lowest BCUT2D eigenvalue weighted by Crippen LogP contribution is -2.24. The number of nitrogens with one attached hydrogen (secondary N) is 1. The molecule has 0 fully saturated rings. The Morgan fingerprint density at radius 1 is 1.00 bits per heavy atom. The lowest BCUT2D eigenvalue weighted by Gasteiger charge is -2.06. The molecule has 1 amide bonds. The molecular formula is C12H24ClNO3. The fourth-order valence-corrected chi connectivity index (χ4v) is 1.46. The number of hydrogen-bond donors (Lipinski definition) is 1. The summed E-state index contributed by atoms with van der Waals surface area (Å²) < 4.78 is 10.7. The topological polar surface area (TPSA) is 47.6 Å². The summed E-state index contributed by atoms with van der Waals surface area (Å²) >= 11 is 5.57. The average Bonchev–Trinajstić information content (AvgIpc) is 2.30. The molecule has 0 aliphatic rings. The molecule has 0 saturated carbocycles. The zero-order valence-electron chi connectivity index (χ0n) is 10.7. The fourth-order valence-electron chi connectivity index (χ4n) is 1.27. The second-order valence-electron chi connectivity index (χ2n) is 3.81. The van der Waals surface area contributed by atoms with Crippen LogP contribution in [0.4, 0.5) is 0 Å². The second kappa shape index (κ2) is 13.7. The van der Waals surface area contributed by atoms with E-state index in [9.17, 15) is 4.79 Å². The van der Waals surface area contributed by atoms with Crippen molar-refractivity contribution >= 4 is 17.5 Å². The van der Waals surface area contributed by atoms with E-state index in [4.69, 9.17) is 21.1 Å². The molecule has 0 heterocycles. The Labute approximate surface area is 109 Å². The predicted molar refractivity (Wildman–Crippen MR) is 69.5 cm³/mol.